The lowest BCUT2D eigenvalue weighted by Crippen LogP contribution is -2.40. The van der Waals surface area contributed by atoms with Gasteiger partial charge in [0.25, 0.3) is 0 Å². The Balaban J connectivity index is 1.08. The molecule has 0 radical (unpaired) electrons. The highest BCUT2D eigenvalue weighted by atomic mass is 79.9. The van der Waals surface area contributed by atoms with E-state index in [1.54, 1.807) is 54.6 Å². The minimum absolute atomic E-state index is 0.100. The van der Waals surface area contributed by atoms with Crippen LogP contribution in [0.25, 0.3) is 22.2 Å². The summed E-state index contributed by atoms with van der Waals surface area (Å²) in [5.74, 6) is -0.203. The van der Waals surface area contributed by atoms with Crippen LogP contribution in [0.5, 0.6) is 0 Å². The SMILES string of the molecule is O=C(COC(=O)c1cc(-c2ccc(N3C(=O)C4C5C=CC(C6CC56)C4C3=O)cc2)nc2ccc(Br)cc12)c1ccccc1. The quantitative estimate of drug-likeness (QED) is 0.108. The Morgan fingerprint density at radius 1 is 0.860 bits per heavy atom. The molecule has 3 fully saturated rings. The van der Waals surface area contributed by atoms with Gasteiger partial charge in [-0.05, 0) is 66.5 Å². The maximum atomic E-state index is 13.5. The number of benzene rings is 3. The molecule has 6 atom stereocenters. The lowest BCUT2D eigenvalue weighted by Gasteiger charge is -2.37. The van der Waals surface area contributed by atoms with Crippen LogP contribution in [-0.4, -0.2) is 35.2 Å². The van der Waals surface area contributed by atoms with Gasteiger partial charge in [-0.25, -0.2) is 9.78 Å². The second kappa shape index (κ2) is 9.81. The van der Waals surface area contributed by atoms with Crippen LogP contribution in [0, 0.1) is 35.5 Å². The van der Waals surface area contributed by atoms with Gasteiger partial charge >= 0.3 is 5.97 Å². The lowest BCUT2D eigenvalue weighted by molar-refractivity contribution is -0.124. The van der Waals surface area contributed by atoms with Crippen LogP contribution >= 0.6 is 15.9 Å². The first-order chi connectivity index (χ1) is 20.9. The molecule has 2 heterocycles. The zero-order valence-corrected chi connectivity index (χ0v) is 24.4. The second-order valence-corrected chi connectivity index (χ2v) is 12.7. The highest BCUT2D eigenvalue weighted by Gasteiger charge is 2.67. The maximum absolute atomic E-state index is 13.5. The van der Waals surface area contributed by atoms with Crippen molar-refractivity contribution in [2.24, 2.45) is 35.5 Å². The molecule has 2 bridgehead atoms. The van der Waals surface area contributed by atoms with Crippen molar-refractivity contribution in [3.8, 4) is 11.3 Å². The number of esters is 1. The number of anilines is 1. The molecule has 2 amide bonds. The molecule has 2 saturated carbocycles. The fraction of sp³-hybridized carbons (Fsp3) is 0.229. The van der Waals surface area contributed by atoms with Gasteiger partial charge in [-0.2, -0.15) is 0 Å². The van der Waals surface area contributed by atoms with E-state index in [2.05, 4.69) is 28.1 Å². The van der Waals surface area contributed by atoms with E-state index < -0.39 is 5.97 Å². The summed E-state index contributed by atoms with van der Waals surface area (Å²) in [5, 5.41) is 0.587. The molecule has 43 heavy (non-hydrogen) atoms. The third kappa shape index (κ3) is 4.19. The number of nitrogens with zero attached hydrogens (tertiary/aromatic N) is 2. The Morgan fingerprint density at radius 3 is 2.21 bits per heavy atom. The molecular weight excluding hydrogens is 608 g/mol. The molecular formula is C35H25BrN2O5. The molecule has 1 aromatic heterocycles. The number of hydrogen-bond donors (Lipinski definition) is 0. The molecule has 0 spiro atoms. The van der Waals surface area contributed by atoms with E-state index in [1.165, 1.54) is 4.90 Å². The molecule has 1 saturated heterocycles. The van der Waals surface area contributed by atoms with Gasteiger partial charge in [0.2, 0.25) is 11.8 Å². The number of hydrogen-bond acceptors (Lipinski definition) is 6. The van der Waals surface area contributed by atoms with Gasteiger partial charge < -0.3 is 4.74 Å². The Kier molecular flexibility index (Phi) is 5.98. The van der Waals surface area contributed by atoms with E-state index in [9.17, 15) is 19.2 Å². The molecule has 212 valence electrons. The summed E-state index contributed by atoms with van der Waals surface area (Å²) in [6.07, 6.45) is 5.46. The summed E-state index contributed by atoms with van der Waals surface area (Å²) in [6.45, 7) is -0.386. The lowest BCUT2D eigenvalue weighted by atomic mass is 9.63. The van der Waals surface area contributed by atoms with Crippen molar-refractivity contribution < 1.29 is 23.9 Å². The fourth-order valence-corrected chi connectivity index (χ4v) is 7.78. The molecule has 9 rings (SSSR count). The molecule has 7 nitrogen and oxygen atoms in total. The van der Waals surface area contributed by atoms with Gasteiger partial charge in [-0.3, -0.25) is 19.3 Å². The average Bonchev–Trinajstić information content (AvgIpc) is 3.82. The Hall–Kier alpha value is -4.43. The third-order valence-corrected chi connectivity index (χ3v) is 10.00. The number of carbonyl (C=O) groups is 4. The van der Waals surface area contributed by atoms with Crippen molar-refractivity contribution in [1.29, 1.82) is 0 Å². The topological polar surface area (TPSA) is 93.6 Å². The van der Waals surface area contributed by atoms with Crippen LogP contribution in [0.4, 0.5) is 5.69 Å². The average molecular weight is 633 g/mol. The van der Waals surface area contributed by atoms with Crippen molar-refractivity contribution >= 4 is 56.1 Å². The summed E-state index contributed by atoms with van der Waals surface area (Å²) in [5.41, 5.74) is 3.11. The normalized spacial score (nSPS) is 26.4. The van der Waals surface area contributed by atoms with Gasteiger partial charge in [0.15, 0.2) is 12.4 Å². The number of aromatic nitrogens is 1. The molecule has 4 aromatic rings. The highest BCUT2D eigenvalue weighted by Crippen LogP contribution is 2.65. The summed E-state index contributed by atoms with van der Waals surface area (Å²) < 4.78 is 6.23. The van der Waals surface area contributed by atoms with Crippen LogP contribution in [0.15, 0.2) is 95.5 Å². The minimum atomic E-state index is -0.634. The number of allylic oxidation sites excluding steroid dienone is 2. The summed E-state index contributed by atoms with van der Waals surface area (Å²) in [6, 6.07) is 22.9. The van der Waals surface area contributed by atoms with Crippen LogP contribution < -0.4 is 4.90 Å². The monoisotopic (exact) mass is 632 g/mol. The largest absolute Gasteiger partial charge is 0.454 e. The minimum Gasteiger partial charge on any atom is -0.454 e. The van der Waals surface area contributed by atoms with Crippen LogP contribution in [0.3, 0.4) is 0 Å². The van der Waals surface area contributed by atoms with Crippen LogP contribution in [0.1, 0.15) is 27.1 Å². The van der Waals surface area contributed by atoms with E-state index in [4.69, 9.17) is 9.72 Å². The highest BCUT2D eigenvalue weighted by molar-refractivity contribution is 9.10. The van der Waals surface area contributed by atoms with E-state index in [-0.39, 0.29) is 53.4 Å². The standard InChI is InChI=1S/C35H25BrN2O5/c36-20-8-13-28-26(14-20)27(35(42)43-17-30(39)19-4-2-1-3-5-19)16-29(37-28)18-6-9-21(10-7-18)38-33(40)31-22-11-12-23(25-15-24(22)25)32(31)34(38)41/h1-14,16,22-25,31-32H,15,17H2. The molecule has 5 aliphatic rings. The summed E-state index contributed by atoms with van der Waals surface area (Å²) in [7, 11) is 0. The van der Waals surface area contributed by atoms with Crippen molar-refractivity contribution in [3.05, 3.63) is 107 Å². The summed E-state index contributed by atoms with van der Waals surface area (Å²) in [4.78, 5) is 59.1. The molecule has 3 aromatic carbocycles. The third-order valence-electron chi connectivity index (χ3n) is 9.50. The number of pyridine rings is 1. The number of ether oxygens (including phenoxy) is 1. The fourth-order valence-electron chi connectivity index (χ4n) is 7.42. The van der Waals surface area contributed by atoms with Crippen LogP contribution in [0.2, 0.25) is 0 Å². The number of imide groups is 1. The van der Waals surface area contributed by atoms with Crippen LogP contribution in [-0.2, 0) is 14.3 Å². The van der Waals surface area contributed by atoms with Crippen molar-refractivity contribution in [2.45, 2.75) is 6.42 Å². The summed E-state index contributed by atoms with van der Waals surface area (Å²) >= 11 is 3.46. The van der Waals surface area contributed by atoms with Crippen molar-refractivity contribution in [3.63, 3.8) is 0 Å². The second-order valence-electron chi connectivity index (χ2n) is 11.8. The molecule has 6 unspecified atom stereocenters. The zero-order chi connectivity index (χ0) is 29.4. The first kappa shape index (κ1) is 26.2. The van der Waals surface area contributed by atoms with E-state index >= 15 is 0 Å². The zero-order valence-electron chi connectivity index (χ0n) is 22.9. The van der Waals surface area contributed by atoms with Gasteiger partial charge in [0.1, 0.15) is 0 Å². The van der Waals surface area contributed by atoms with E-state index in [0.717, 1.165) is 10.9 Å². The van der Waals surface area contributed by atoms with Gasteiger partial charge in [0.05, 0.1) is 34.3 Å². The molecule has 0 N–H and O–H groups in total. The van der Waals surface area contributed by atoms with E-state index in [0.29, 0.717) is 45.2 Å². The van der Waals surface area contributed by atoms with Gasteiger partial charge in [0, 0.05) is 21.0 Å². The number of fused-ring (bicyclic) bond motifs is 1. The number of Topliss-reactive ketones (excluding diaryl/α,β-unsaturated/α-hetero) is 1. The smallest absolute Gasteiger partial charge is 0.339 e. The van der Waals surface area contributed by atoms with Crippen molar-refractivity contribution in [1.82, 2.24) is 4.98 Å². The Bertz CT molecular complexity index is 1850. The maximum Gasteiger partial charge on any atom is 0.339 e. The number of carbonyl (C=O) groups excluding carboxylic acids is 4. The predicted molar refractivity (Wildman–Crippen MR) is 163 cm³/mol. The van der Waals surface area contributed by atoms with Gasteiger partial charge in [-0.1, -0.05) is 70.5 Å². The molecule has 1 aliphatic heterocycles. The Labute approximate surface area is 255 Å². The van der Waals surface area contributed by atoms with Gasteiger partial charge in [-0.15, -0.1) is 0 Å². The predicted octanol–water partition coefficient (Wildman–Crippen LogP) is 6.26. The van der Waals surface area contributed by atoms with Crippen molar-refractivity contribution in [2.75, 3.05) is 11.5 Å². The number of halogens is 1. The number of ketones is 1. The number of amides is 2. The van der Waals surface area contributed by atoms with E-state index in [1.807, 2.05) is 24.3 Å². The first-order valence-electron chi connectivity index (χ1n) is 14.4. The first-order valence-corrected chi connectivity index (χ1v) is 15.2. The molecule has 8 heteroatoms. The number of rotatable bonds is 6. The molecule has 4 aliphatic carbocycles. The Morgan fingerprint density at radius 2 is 1.53 bits per heavy atom.